The van der Waals surface area contributed by atoms with Crippen molar-refractivity contribution in [3.05, 3.63) is 82.2 Å². The van der Waals surface area contributed by atoms with Crippen molar-refractivity contribution in [3.63, 3.8) is 0 Å². The van der Waals surface area contributed by atoms with E-state index in [-0.39, 0.29) is 23.5 Å². The number of carbonyl (C=O) groups is 2. The van der Waals surface area contributed by atoms with Crippen molar-refractivity contribution in [2.24, 2.45) is 0 Å². The molecule has 3 aromatic rings. The highest BCUT2D eigenvalue weighted by Gasteiger charge is 2.23. The van der Waals surface area contributed by atoms with E-state index in [2.05, 4.69) is 15.7 Å². The Morgan fingerprint density at radius 3 is 2.31 bits per heavy atom. The van der Waals surface area contributed by atoms with Crippen LogP contribution in [0.25, 0.3) is 5.69 Å². The standard InChI is InChI=1S/C20H17N5O4/c26-19(22-16-5-6-16)13-1-3-15(4-2-13)23-20(27)14-11-21-24(12-14)17-7-9-18(10-8-17)25(28)29/h1-4,7-12,16H,5-6H2,(H,22,26)(H,23,27). The molecule has 2 amide bonds. The number of hydrogen-bond acceptors (Lipinski definition) is 5. The van der Waals surface area contributed by atoms with E-state index in [1.165, 1.54) is 29.2 Å². The molecule has 1 heterocycles. The number of nitro groups is 1. The first-order valence-electron chi connectivity index (χ1n) is 9.01. The molecule has 0 saturated heterocycles. The number of hydrogen-bond donors (Lipinski definition) is 2. The van der Waals surface area contributed by atoms with Crippen molar-refractivity contribution >= 4 is 23.2 Å². The van der Waals surface area contributed by atoms with E-state index < -0.39 is 4.92 Å². The van der Waals surface area contributed by atoms with Gasteiger partial charge in [-0.1, -0.05) is 0 Å². The van der Waals surface area contributed by atoms with Crippen LogP contribution in [-0.4, -0.2) is 32.6 Å². The van der Waals surface area contributed by atoms with Crippen LogP contribution in [0.4, 0.5) is 11.4 Å². The second kappa shape index (κ2) is 7.55. The second-order valence-electron chi connectivity index (χ2n) is 6.73. The van der Waals surface area contributed by atoms with Crippen LogP contribution in [0.1, 0.15) is 33.6 Å². The second-order valence-corrected chi connectivity index (χ2v) is 6.73. The number of nitro benzene ring substituents is 1. The summed E-state index contributed by atoms with van der Waals surface area (Å²) >= 11 is 0. The van der Waals surface area contributed by atoms with Gasteiger partial charge in [0.15, 0.2) is 0 Å². The van der Waals surface area contributed by atoms with E-state index in [9.17, 15) is 19.7 Å². The molecule has 1 aliphatic carbocycles. The van der Waals surface area contributed by atoms with Gasteiger partial charge in [-0.15, -0.1) is 0 Å². The van der Waals surface area contributed by atoms with E-state index in [4.69, 9.17) is 0 Å². The summed E-state index contributed by atoms with van der Waals surface area (Å²) in [7, 11) is 0. The summed E-state index contributed by atoms with van der Waals surface area (Å²) in [5, 5.41) is 20.5. The first-order valence-corrected chi connectivity index (χ1v) is 9.01. The van der Waals surface area contributed by atoms with Crippen LogP contribution in [0.15, 0.2) is 60.9 Å². The minimum absolute atomic E-state index is 0.0202. The summed E-state index contributed by atoms with van der Waals surface area (Å²) in [6, 6.07) is 12.8. The van der Waals surface area contributed by atoms with Gasteiger partial charge in [-0.05, 0) is 49.2 Å². The van der Waals surface area contributed by atoms with E-state index in [0.29, 0.717) is 22.5 Å². The molecule has 1 aromatic heterocycles. The van der Waals surface area contributed by atoms with Crippen molar-refractivity contribution in [1.29, 1.82) is 0 Å². The summed E-state index contributed by atoms with van der Waals surface area (Å²) in [5.74, 6) is -0.469. The van der Waals surface area contributed by atoms with Crippen molar-refractivity contribution in [2.45, 2.75) is 18.9 Å². The maximum absolute atomic E-state index is 12.4. The van der Waals surface area contributed by atoms with Crippen molar-refractivity contribution in [2.75, 3.05) is 5.32 Å². The molecule has 4 rings (SSSR count). The Morgan fingerprint density at radius 2 is 1.69 bits per heavy atom. The normalized spacial score (nSPS) is 13.0. The predicted molar refractivity (Wildman–Crippen MR) is 105 cm³/mol. The fourth-order valence-electron chi connectivity index (χ4n) is 2.71. The van der Waals surface area contributed by atoms with E-state index in [0.717, 1.165) is 12.8 Å². The molecule has 0 unspecified atom stereocenters. The van der Waals surface area contributed by atoms with E-state index in [1.54, 1.807) is 36.4 Å². The highest BCUT2D eigenvalue weighted by atomic mass is 16.6. The number of aromatic nitrogens is 2. The number of nitrogens with one attached hydrogen (secondary N) is 2. The average molecular weight is 391 g/mol. The third-order valence-electron chi connectivity index (χ3n) is 4.49. The van der Waals surface area contributed by atoms with Gasteiger partial charge in [0.1, 0.15) is 0 Å². The number of carbonyl (C=O) groups excluding carboxylic acids is 2. The first-order chi connectivity index (χ1) is 14.0. The number of non-ortho nitro benzene ring substituents is 1. The molecule has 9 heteroatoms. The summed E-state index contributed by atoms with van der Waals surface area (Å²) in [5.41, 5.74) is 2.01. The molecule has 1 fully saturated rings. The molecule has 2 aromatic carbocycles. The molecule has 0 bridgehead atoms. The molecular weight excluding hydrogens is 374 g/mol. The van der Waals surface area contributed by atoms with Crippen LogP contribution in [0.2, 0.25) is 0 Å². The molecule has 0 spiro atoms. The van der Waals surface area contributed by atoms with Gasteiger partial charge in [-0.3, -0.25) is 19.7 Å². The topological polar surface area (TPSA) is 119 Å². The lowest BCUT2D eigenvalue weighted by Gasteiger charge is -2.06. The number of amides is 2. The van der Waals surface area contributed by atoms with Gasteiger partial charge in [-0.25, -0.2) is 4.68 Å². The molecule has 29 heavy (non-hydrogen) atoms. The van der Waals surface area contributed by atoms with Crippen LogP contribution >= 0.6 is 0 Å². The zero-order valence-corrected chi connectivity index (χ0v) is 15.2. The Morgan fingerprint density at radius 1 is 1.00 bits per heavy atom. The largest absolute Gasteiger partial charge is 0.349 e. The molecule has 0 radical (unpaired) electrons. The number of benzene rings is 2. The van der Waals surface area contributed by atoms with E-state index in [1.807, 2.05) is 0 Å². The number of nitrogens with zero attached hydrogens (tertiary/aromatic N) is 3. The zero-order chi connectivity index (χ0) is 20.4. The minimum atomic E-state index is -0.480. The molecule has 0 atom stereocenters. The van der Waals surface area contributed by atoms with Crippen LogP contribution in [-0.2, 0) is 0 Å². The predicted octanol–water partition coefficient (Wildman–Crippen LogP) is 2.93. The van der Waals surface area contributed by atoms with Gasteiger partial charge in [0.25, 0.3) is 17.5 Å². The van der Waals surface area contributed by atoms with Gasteiger partial charge in [0.05, 0.1) is 22.4 Å². The zero-order valence-electron chi connectivity index (χ0n) is 15.2. The minimum Gasteiger partial charge on any atom is -0.349 e. The fraction of sp³-hybridized carbons (Fsp3) is 0.150. The summed E-state index contributed by atoms with van der Waals surface area (Å²) in [6.45, 7) is 0. The van der Waals surface area contributed by atoms with Crippen LogP contribution in [0, 0.1) is 10.1 Å². The number of rotatable bonds is 6. The highest BCUT2D eigenvalue weighted by Crippen LogP contribution is 2.20. The lowest BCUT2D eigenvalue weighted by Crippen LogP contribution is -2.25. The first kappa shape index (κ1) is 18.4. The number of anilines is 1. The summed E-state index contributed by atoms with van der Waals surface area (Å²) in [4.78, 5) is 34.7. The molecule has 1 aliphatic rings. The summed E-state index contributed by atoms with van der Waals surface area (Å²) < 4.78 is 1.46. The smallest absolute Gasteiger partial charge is 0.269 e. The molecular formula is C20H17N5O4. The molecule has 146 valence electrons. The molecule has 2 N–H and O–H groups in total. The Bertz CT molecular complexity index is 1070. The van der Waals surface area contributed by atoms with Crippen molar-refractivity contribution in [3.8, 4) is 5.69 Å². The Labute approximate surface area is 165 Å². The average Bonchev–Trinajstić information content (AvgIpc) is 3.39. The summed E-state index contributed by atoms with van der Waals surface area (Å²) in [6.07, 6.45) is 4.99. The maximum Gasteiger partial charge on any atom is 0.269 e. The highest BCUT2D eigenvalue weighted by molar-refractivity contribution is 6.04. The van der Waals surface area contributed by atoms with Gasteiger partial charge < -0.3 is 10.6 Å². The third-order valence-corrected chi connectivity index (χ3v) is 4.49. The van der Waals surface area contributed by atoms with Crippen molar-refractivity contribution < 1.29 is 14.5 Å². The van der Waals surface area contributed by atoms with Gasteiger partial charge in [0.2, 0.25) is 0 Å². The SMILES string of the molecule is O=C(Nc1ccc(C(=O)NC2CC2)cc1)c1cnn(-c2ccc([N+](=O)[O-])cc2)c1. The third kappa shape index (κ3) is 4.29. The lowest BCUT2D eigenvalue weighted by molar-refractivity contribution is -0.384. The quantitative estimate of drug-likeness (QED) is 0.495. The van der Waals surface area contributed by atoms with Gasteiger partial charge >= 0.3 is 0 Å². The Hall–Kier alpha value is -4.01. The van der Waals surface area contributed by atoms with Crippen LogP contribution < -0.4 is 10.6 Å². The maximum atomic E-state index is 12.4. The van der Waals surface area contributed by atoms with Gasteiger partial charge in [0, 0.05) is 35.6 Å². The fourth-order valence-corrected chi connectivity index (χ4v) is 2.71. The van der Waals surface area contributed by atoms with Crippen LogP contribution in [0.3, 0.4) is 0 Å². The van der Waals surface area contributed by atoms with Crippen LogP contribution in [0.5, 0.6) is 0 Å². The van der Waals surface area contributed by atoms with E-state index >= 15 is 0 Å². The molecule has 0 aliphatic heterocycles. The lowest BCUT2D eigenvalue weighted by atomic mass is 10.2. The molecule has 9 nitrogen and oxygen atoms in total. The Kier molecular flexibility index (Phi) is 4.78. The molecule has 1 saturated carbocycles. The van der Waals surface area contributed by atoms with Crippen molar-refractivity contribution in [1.82, 2.24) is 15.1 Å². The van der Waals surface area contributed by atoms with Gasteiger partial charge in [-0.2, -0.15) is 5.10 Å². The Balaban J connectivity index is 1.41. The monoisotopic (exact) mass is 391 g/mol.